The number of anilines is 1. The summed E-state index contributed by atoms with van der Waals surface area (Å²) < 4.78 is 5.66. The third kappa shape index (κ3) is 5.16. The van der Waals surface area contributed by atoms with Crippen molar-refractivity contribution in [2.45, 2.75) is 6.42 Å². The van der Waals surface area contributed by atoms with Gasteiger partial charge >= 0.3 is 0 Å². The van der Waals surface area contributed by atoms with Gasteiger partial charge in [-0.25, -0.2) is 5.84 Å². The average Bonchev–Trinajstić information content (AvgIpc) is 2.42. The fourth-order valence-electron chi connectivity index (χ4n) is 1.27. The van der Waals surface area contributed by atoms with Crippen LogP contribution in [0.15, 0.2) is 21.6 Å². The van der Waals surface area contributed by atoms with Crippen LogP contribution in [0.3, 0.4) is 0 Å². The van der Waals surface area contributed by atoms with Gasteiger partial charge in [-0.3, -0.25) is 10.4 Å². The van der Waals surface area contributed by atoms with Crippen LogP contribution in [0.1, 0.15) is 6.42 Å². The van der Waals surface area contributed by atoms with E-state index >= 15 is 0 Å². The molecule has 0 aromatic heterocycles. The summed E-state index contributed by atoms with van der Waals surface area (Å²) >= 11 is 15.4. The van der Waals surface area contributed by atoms with E-state index in [0.717, 1.165) is 10.9 Å². The Hall–Kier alpha value is -0.530. The van der Waals surface area contributed by atoms with Gasteiger partial charge in [0.05, 0.1) is 15.7 Å². The number of methoxy groups -OCH3 is 1. The van der Waals surface area contributed by atoms with Crippen molar-refractivity contribution >= 4 is 50.8 Å². The van der Waals surface area contributed by atoms with E-state index in [1.165, 1.54) is 0 Å². The highest BCUT2D eigenvalue weighted by molar-refractivity contribution is 9.10. The van der Waals surface area contributed by atoms with Gasteiger partial charge in [-0.2, -0.15) is 0 Å². The third-order valence-electron chi connectivity index (χ3n) is 2.20. The molecule has 1 aromatic rings. The second kappa shape index (κ2) is 8.60. The van der Waals surface area contributed by atoms with Gasteiger partial charge in [0.1, 0.15) is 0 Å². The fourth-order valence-corrected chi connectivity index (χ4v) is 2.09. The molecule has 8 heteroatoms. The minimum Gasteiger partial charge on any atom is -0.385 e. The first kappa shape index (κ1) is 16.5. The number of nitrogens with zero attached hydrogens (tertiary/aromatic N) is 1. The van der Waals surface area contributed by atoms with Gasteiger partial charge in [-0.05, 0) is 34.5 Å². The Morgan fingerprint density at radius 3 is 2.79 bits per heavy atom. The minimum absolute atomic E-state index is 0.399. The molecule has 106 valence electrons. The third-order valence-corrected chi connectivity index (χ3v) is 3.97. The highest BCUT2D eigenvalue weighted by Crippen LogP contribution is 2.35. The van der Waals surface area contributed by atoms with E-state index in [-0.39, 0.29) is 0 Å². The predicted molar refractivity (Wildman–Crippen MR) is 83.9 cm³/mol. The molecule has 0 aliphatic heterocycles. The summed E-state index contributed by atoms with van der Waals surface area (Å²) in [5.41, 5.74) is 3.10. The van der Waals surface area contributed by atoms with Crippen molar-refractivity contribution in [2.75, 3.05) is 25.6 Å². The Morgan fingerprint density at radius 1 is 1.42 bits per heavy atom. The summed E-state index contributed by atoms with van der Waals surface area (Å²) in [6.07, 6.45) is 0.804. The highest BCUT2D eigenvalue weighted by Gasteiger charge is 2.09. The van der Waals surface area contributed by atoms with E-state index in [9.17, 15) is 0 Å². The van der Waals surface area contributed by atoms with Crippen molar-refractivity contribution in [1.29, 1.82) is 0 Å². The molecule has 0 fully saturated rings. The molecule has 0 atom stereocenters. The fraction of sp³-hybridized carbons (Fsp3) is 0.364. The van der Waals surface area contributed by atoms with E-state index in [4.69, 9.17) is 33.8 Å². The predicted octanol–water partition coefficient (Wildman–Crippen LogP) is 3.02. The molecule has 0 radical (unpaired) electrons. The van der Waals surface area contributed by atoms with Crippen molar-refractivity contribution in [3.8, 4) is 0 Å². The SMILES string of the molecule is COCCCN=C(NN)Nc1ccc(Br)c(Cl)c1Cl. The van der Waals surface area contributed by atoms with Crippen molar-refractivity contribution in [1.82, 2.24) is 5.43 Å². The maximum atomic E-state index is 6.12. The summed E-state index contributed by atoms with van der Waals surface area (Å²) in [4.78, 5) is 4.24. The molecule has 19 heavy (non-hydrogen) atoms. The number of nitrogens with one attached hydrogen (secondary N) is 2. The van der Waals surface area contributed by atoms with Gasteiger partial charge in [0.15, 0.2) is 0 Å². The molecular weight excluding hydrogens is 355 g/mol. The van der Waals surface area contributed by atoms with E-state index < -0.39 is 0 Å². The minimum atomic E-state index is 0.399. The molecule has 0 aliphatic carbocycles. The number of rotatable bonds is 5. The molecular formula is C11H15BrCl2N4O. The zero-order chi connectivity index (χ0) is 14.3. The Labute approximate surface area is 130 Å². The van der Waals surface area contributed by atoms with Crippen molar-refractivity contribution in [3.05, 3.63) is 26.7 Å². The van der Waals surface area contributed by atoms with Crippen LogP contribution in [0.5, 0.6) is 0 Å². The van der Waals surface area contributed by atoms with Crippen LogP contribution in [0.4, 0.5) is 5.69 Å². The van der Waals surface area contributed by atoms with Crippen molar-refractivity contribution < 1.29 is 4.74 Å². The van der Waals surface area contributed by atoms with Crippen molar-refractivity contribution in [2.24, 2.45) is 10.8 Å². The summed E-state index contributed by atoms with van der Waals surface area (Å²) in [7, 11) is 1.65. The van der Waals surface area contributed by atoms with E-state index in [2.05, 4.69) is 31.7 Å². The molecule has 4 N–H and O–H groups in total. The molecule has 0 amide bonds. The van der Waals surface area contributed by atoms with Gasteiger partial charge in [0.2, 0.25) is 5.96 Å². The summed E-state index contributed by atoms with van der Waals surface area (Å²) in [6.45, 7) is 1.23. The number of ether oxygens (including phenoxy) is 1. The number of guanidine groups is 1. The Bertz CT molecular complexity index is 457. The van der Waals surface area contributed by atoms with Crippen LogP contribution in [0, 0.1) is 0 Å². The van der Waals surface area contributed by atoms with Gasteiger partial charge in [0, 0.05) is 24.7 Å². The number of halogens is 3. The van der Waals surface area contributed by atoms with Crippen LogP contribution in [-0.2, 0) is 4.74 Å². The maximum Gasteiger partial charge on any atom is 0.210 e. The van der Waals surface area contributed by atoms with Crippen LogP contribution in [0.25, 0.3) is 0 Å². The standard InChI is InChI=1S/C11H15BrCl2N4O/c1-19-6-2-5-16-11(18-15)17-8-4-3-7(12)9(13)10(8)14/h3-4H,2,5-6,15H2,1H3,(H2,16,17,18). The molecule has 1 aromatic carbocycles. The van der Waals surface area contributed by atoms with Crippen molar-refractivity contribution in [3.63, 3.8) is 0 Å². The Balaban J connectivity index is 2.73. The molecule has 0 aliphatic rings. The zero-order valence-electron chi connectivity index (χ0n) is 10.3. The van der Waals surface area contributed by atoms with Gasteiger partial charge in [-0.1, -0.05) is 23.2 Å². The first-order valence-electron chi connectivity index (χ1n) is 5.50. The molecule has 0 bridgehead atoms. The summed E-state index contributed by atoms with van der Waals surface area (Å²) in [5, 5.41) is 3.81. The van der Waals surface area contributed by atoms with Crippen LogP contribution in [0.2, 0.25) is 10.0 Å². The molecule has 0 unspecified atom stereocenters. The van der Waals surface area contributed by atoms with Crippen LogP contribution >= 0.6 is 39.1 Å². The van der Waals surface area contributed by atoms with Crippen LogP contribution < -0.4 is 16.6 Å². The number of aliphatic imine (C=N–C) groups is 1. The first-order chi connectivity index (χ1) is 9.10. The largest absolute Gasteiger partial charge is 0.385 e. The number of benzene rings is 1. The number of hydrazine groups is 1. The highest BCUT2D eigenvalue weighted by atomic mass is 79.9. The van der Waals surface area contributed by atoms with E-state index in [1.807, 2.05) is 0 Å². The second-order valence-electron chi connectivity index (χ2n) is 3.57. The quantitative estimate of drug-likeness (QED) is 0.186. The number of nitrogens with two attached hydrogens (primary N) is 1. The maximum absolute atomic E-state index is 6.12. The van der Waals surface area contributed by atoms with Gasteiger partial charge in [0.25, 0.3) is 0 Å². The molecule has 0 heterocycles. The second-order valence-corrected chi connectivity index (χ2v) is 5.18. The lowest BCUT2D eigenvalue weighted by Gasteiger charge is -2.12. The lowest BCUT2D eigenvalue weighted by atomic mass is 10.3. The molecule has 0 saturated carbocycles. The molecule has 0 saturated heterocycles. The lowest BCUT2D eigenvalue weighted by Crippen LogP contribution is -2.36. The summed E-state index contributed by atoms with van der Waals surface area (Å²) in [5.74, 6) is 5.81. The van der Waals surface area contributed by atoms with Gasteiger partial charge < -0.3 is 10.1 Å². The topological polar surface area (TPSA) is 71.7 Å². The Morgan fingerprint density at radius 2 is 2.16 bits per heavy atom. The lowest BCUT2D eigenvalue weighted by molar-refractivity contribution is 0.197. The molecule has 1 rings (SSSR count). The number of hydrogen-bond acceptors (Lipinski definition) is 3. The normalized spacial score (nSPS) is 11.5. The molecule has 5 nitrogen and oxygen atoms in total. The zero-order valence-corrected chi connectivity index (χ0v) is 13.4. The Kier molecular flexibility index (Phi) is 7.48. The monoisotopic (exact) mass is 368 g/mol. The number of hydrogen-bond donors (Lipinski definition) is 3. The average molecular weight is 370 g/mol. The van der Waals surface area contributed by atoms with E-state index in [0.29, 0.717) is 34.8 Å². The first-order valence-corrected chi connectivity index (χ1v) is 7.05. The molecule has 0 spiro atoms. The van der Waals surface area contributed by atoms with Gasteiger partial charge in [-0.15, -0.1) is 0 Å². The smallest absolute Gasteiger partial charge is 0.210 e. The summed E-state index contributed by atoms with van der Waals surface area (Å²) in [6, 6.07) is 3.57. The van der Waals surface area contributed by atoms with Crippen LogP contribution in [-0.4, -0.2) is 26.2 Å². The van der Waals surface area contributed by atoms with E-state index in [1.54, 1.807) is 19.2 Å².